The van der Waals surface area contributed by atoms with Gasteiger partial charge in [-0.3, -0.25) is 0 Å². The van der Waals surface area contributed by atoms with E-state index in [2.05, 4.69) is 61.3 Å². The van der Waals surface area contributed by atoms with Gasteiger partial charge in [0.05, 0.1) is 37.1 Å². The molecule has 4 aromatic rings. The Bertz CT molecular complexity index is 1680. The largest absolute Gasteiger partial charge is 0.461 e. The number of carbonyl (C=O) groups excluding carboxylic acids is 2. The van der Waals surface area contributed by atoms with Crippen molar-refractivity contribution in [3.8, 4) is 22.8 Å². The number of carbonyl (C=O) groups is 2. The smallest absolute Gasteiger partial charge is 0.360 e. The predicted molar refractivity (Wildman–Crippen MR) is 183 cm³/mol. The van der Waals surface area contributed by atoms with Gasteiger partial charge in [-0.25, -0.2) is 42.7 Å². The lowest BCUT2D eigenvalue weighted by Gasteiger charge is -2.10. The van der Waals surface area contributed by atoms with E-state index >= 15 is 0 Å². The highest BCUT2D eigenvalue weighted by Gasteiger charge is 2.20. The molecule has 2 heterocycles. The van der Waals surface area contributed by atoms with Crippen LogP contribution in [0.25, 0.3) is 22.8 Å². The first-order valence-corrected chi connectivity index (χ1v) is 16.4. The van der Waals surface area contributed by atoms with Gasteiger partial charge in [0.1, 0.15) is 11.6 Å². The van der Waals surface area contributed by atoms with E-state index in [1.54, 1.807) is 46.4 Å². The fourth-order valence-electron chi connectivity index (χ4n) is 3.80. The fourth-order valence-corrected chi connectivity index (χ4v) is 4.52. The monoisotopic (exact) mass is 813 g/mol. The van der Waals surface area contributed by atoms with E-state index < -0.39 is 35.1 Å². The lowest BCUT2D eigenvalue weighted by atomic mass is 10.1. The molecule has 0 atom stereocenters. The molecule has 2 aromatic carbocycles. The number of nitrogens with zero attached hydrogens (tertiary/aromatic N) is 4. The Balaban J connectivity index is 0.000000303. The fraction of sp³-hybridized carbons (Fsp3) is 0.333. The van der Waals surface area contributed by atoms with Crippen LogP contribution in [0.15, 0.2) is 57.7 Å². The Morgan fingerprint density at radius 1 is 0.735 bits per heavy atom. The standard InChI is InChI=1S/C17H18BrFN2O3.C13H9BrF2N2O2.C3H9NO/c1-3-24-17(22)15-11(5-4-8-23-2)10-20-16(21-15)13-9-12(18)6-7-14(13)19;1-2-20-13(19)11-10(16)6-17-12(18-11)8-5-7(14)3-4-9(8)15;1-5-3-2-4/h6-7,9-10H,3-5,8H2,1-2H3;3-6H,2H2,1H3;2-4H2,1H3. The van der Waals surface area contributed by atoms with Crippen molar-refractivity contribution >= 4 is 43.8 Å². The number of hydrogen-bond acceptors (Lipinski definition) is 11. The Kier molecular flexibility index (Phi) is 18.6. The summed E-state index contributed by atoms with van der Waals surface area (Å²) in [7, 11) is 3.24. The molecule has 0 bridgehead atoms. The summed E-state index contributed by atoms with van der Waals surface area (Å²) < 4.78 is 61.9. The van der Waals surface area contributed by atoms with Crippen LogP contribution in [0, 0.1) is 17.5 Å². The summed E-state index contributed by atoms with van der Waals surface area (Å²) >= 11 is 6.49. The highest BCUT2D eigenvalue weighted by atomic mass is 79.9. The summed E-state index contributed by atoms with van der Waals surface area (Å²) in [5.74, 6) is -3.34. The first-order valence-electron chi connectivity index (χ1n) is 14.8. The Hall–Kier alpha value is -3.83. The molecule has 2 N–H and O–H groups in total. The van der Waals surface area contributed by atoms with Crippen LogP contribution in [0.4, 0.5) is 13.2 Å². The van der Waals surface area contributed by atoms with Crippen LogP contribution < -0.4 is 5.73 Å². The van der Waals surface area contributed by atoms with E-state index in [4.69, 9.17) is 15.2 Å². The van der Waals surface area contributed by atoms with Crippen molar-refractivity contribution in [2.24, 2.45) is 5.73 Å². The summed E-state index contributed by atoms with van der Waals surface area (Å²) in [4.78, 5) is 39.6. The van der Waals surface area contributed by atoms with E-state index in [1.165, 1.54) is 24.3 Å². The number of hydrogen-bond donors (Lipinski definition) is 1. The minimum Gasteiger partial charge on any atom is -0.461 e. The molecule has 0 unspecified atom stereocenters. The Labute approximate surface area is 299 Å². The van der Waals surface area contributed by atoms with Crippen molar-refractivity contribution in [3.63, 3.8) is 0 Å². The molecule has 264 valence electrons. The van der Waals surface area contributed by atoms with Gasteiger partial charge in [0.2, 0.25) is 0 Å². The molecule has 0 aliphatic carbocycles. The summed E-state index contributed by atoms with van der Waals surface area (Å²) in [6, 6.07) is 8.65. The van der Waals surface area contributed by atoms with Gasteiger partial charge in [-0.2, -0.15) is 0 Å². The van der Waals surface area contributed by atoms with Crippen molar-refractivity contribution in [1.29, 1.82) is 0 Å². The van der Waals surface area contributed by atoms with Gasteiger partial charge in [0.15, 0.2) is 28.9 Å². The quantitative estimate of drug-likeness (QED) is 0.120. The molecule has 16 heteroatoms. The zero-order chi connectivity index (χ0) is 36.3. The van der Waals surface area contributed by atoms with Crippen LogP contribution in [-0.4, -0.2) is 79.1 Å². The number of nitrogens with two attached hydrogens (primary N) is 1. The van der Waals surface area contributed by atoms with Crippen LogP contribution in [0.2, 0.25) is 0 Å². The molecule has 11 nitrogen and oxygen atoms in total. The molecule has 0 saturated carbocycles. The maximum Gasteiger partial charge on any atom is 0.360 e. The molecule has 0 saturated heterocycles. The second-order valence-corrected chi connectivity index (χ2v) is 11.4. The van der Waals surface area contributed by atoms with Crippen LogP contribution in [0.5, 0.6) is 0 Å². The lowest BCUT2D eigenvalue weighted by Crippen LogP contribution is -2.13. The molecule has 0 amide bonds. The average Bonchev–Trinajstić information content (AvgIpc) is 3.08. The van der Waals surface area contributed by atoms with Gasteiger partial charge in [-0.05, 0) is 63.1 Å². The third-order valence-corrected chi connectivity index (χ3v) is 6.99. The number of esters is 2. The number of aryl methyl sites for hydroxylation is 1. The number of aromatic nitrogens is 4. The number of methoxy groups -OCH3 is 2. The van der Waals surface area contributed by atoms with E-state index in [9.17, 15) is 22.8 Å². The Morgan fingerprint density at radius 3 is 1.69 bits per heavy atom. The van der Waals surface area contributed by atoms with Gasteiger partial charge in [-0.15, -0.1) is 0 Å². The number of benzene rings is 2. The van der Waals surface area contributed by atoms with Gasteiger partial charge >= 0.3 is 11.9 Å². The van der Waals surface area contributed by atoms with Crippen molar-refractivity contribution in [2.75, 3.05) is 47.2 Å². The summed E-state index contributed by atoms with van der Waals surface area (Å²) in [5.41, 5.74) is 5.60. The summed E-state index contributed by atoms with van der Waals surface area (Å²) in [5, 5.41) is 0. The molecule has 0 fully saturated rings. The van der Waals surface area contributed by atoms with Crippen LogP contribution in [0.3, 0.4) is 0 Å². The number of rotatable bonds is 12. The molecule has 0 aliphatic heterocycles. The molecule has 2 aromatic heterocycles. The maximum atomic E-state index is 14.1. The number of halogens is 5. The zero-order valence-electron chi connectivity index (χ0n) is 27.3. The molecule has 4 rings (SSSR count). The second-order valence-electron chi connectivity index (χ2n) is 9.52. The first-order chi connectivity index (χ1) is 23.5. The molecular formula is C33H36Br2F3N5O6. The molecular weight excluding hydrogens is 779 g/mol. The molecule has 0 aliphatic rings. The van der Waals surface area contributed by atoms with Crippen molar-refractivity contribution in [3.05, 3.63) is 92.1 Å². The summed E-state index contributed by atoms with van der Waals surface area (Å²) in [6.45, 7) is 5.48. The van der Waals surface area contributed by atoms with Gasteiger partial charge in [-0.1, -0.05) is 31.9 Å². The third-order valence-electron chi connectivity index (χ3n) is 6.00. The van der Waals surface area contributed by atoms with Crippen LogP contribution in [0.1, 0.15) is 46.8 Å². The van der Waals surface area contributed by atoms with E-state index in [1.807, 2.05) is 0 Å². The highest BCUT2D eigenvalue weighted by molar-refractivity contribution is 9.10. The van der Waals surface area contributed by atoms with Crippen molar-refractivity contribution in [1.82, 2.24) is 19.9 Å². The lowest BCUT2D eigenvalue weighted by molar-refractivity contribution is 0.0505. The number of ether oxygens (including phenoxy) is 4. The summed E-state index contributed by atoms with van der Waals surface area (Å²) in [6.07, 6.45) is 3.65. The minimum atomic E-state index is -0.914. The van der Waals surface area contributed by atoms with Crippen molar-refractivity contribution in [2.45, 2.75) is 26.7 Å². The normalized spacial score (nSPS) is 10.3. The molecule has 0 radical (unpaired) electrons. The molecule has 49 heavy (non-hydrogen) atoms. The predicted octanol–water partition coefficient (Wildman–Crippen LogP) is 6.75. The van der Waals surface area contributed by atoms with Crippen molar-refractivity contribution < 1.29 is 41.7 Å². The van der Waals surface area contributed by atoms with E-state index in [0.717, 1.165) is 12.6 Å². The topological polar surface area (TPSA) is 149 Å². The first kappa shape index (κ1) is 41.3. The Morgan fingerprint density at radius 2 is 1.22 bits per heavy atom. The van der Waals surface area contributed by atoms with Gasteiger partial charge in [0.25, 0.3) is 0 Å². The average molecular weight is 815 g/mol. The maximum absolute atomic E-state index is 14.1. The minimum absolute atomic E-state index is 0.0601. The van der Waals surface area contributed by atoms with Gasteiger partial charge in [0, 0.05) is 48.1 Å². The van der Waals surface area contributed by atoms with Gasteiger partial charge < -0.3 is 24.7 Å². The molecule has 0 spiro atoms. The second kappa shape index (κ2) is 22.0. The third kappa shape index (κ3) is 13.2. The van der Waals surface area contributed by atoms with Crippen LogP contribution >= 0.6 is 31.9 Å². The van der Waals surface area contributed by atoms with E-state index in [-0.39, 0.29) is 41.7 Å². The highest BCUT2D eigenvalue weighted by Crippen LogP contribution is 2.26. The van der Waals surface area contributed by atoms with E-state index in [0.29, 0.717) is 40.7 Å². The zero-order valence-corrected chi connectivity index (χ0v) is 30.4. The van der Waals surface area contributed by atoms with Crippen LogP contribution in [-0.2, 0) is 25.4 Å². The SMILES string of the molecule is CCOC(=O)c1nc(-c2cc(Br)ccc2F)ncc1CCCOC.CCOC(=O)c1nc(-c2cc(Br)ccc2F)ncc1F.COCCN.